The molecule has 1 aromatic heterocycles. The second-order valence-electron chi connectivity index (χ2n) is 4.25. The van der Waals surface area contributed by atoms with Crippen LogP contribution in [-0.2, 0) is 20.0 Å². The molecule has 0 fully saturated rings. The van der Waals surface area contributed by atoms with Crippen molar-refractivity contribution in [3.05, 3.63) is 17.6 Å². The highest BCUT2D eigenvalue weighted by Gasteiger charge is 2.23. The average molecular weight is 340 g/mol. The zero-order valence-electron chi connectivity index (χ0n) is 11.4. The van der Waals surface area contributed by atoms with Crippen molar-refractivity contribution in [1.82, 2.24) is 9.44 Å². The first-order valence-electron chi connectivity index (χ1n) is 5.81. The van der Waals surface area contributed by atoms with Gasteiger partial charge in [-0.15, -0.1) is 0 Å². The van der Waals surface area contributed by atoms with Crippen molar-refractivity contribution in [2.75, 3.05) is 19.3 Å². The highest BCUT2D eigenvalue weighted by molar-refractivity contribution is 7.89. The van der Waals surface area contributed by atoms with Crippen molar-refractivity contribution in [3.63, 3.8) is 0 Å². The highest BCUT2D eigenvalue weighted by atomic mass is 32.2. The molecule has 0 aliphatic heterocycles. The standard InChI is InChI=1S/C10H16N2O7S2/c1-7-9(6-8(19-7)10(13)14)21(17,18)12-5-3-4-11-20(2,15)16/h6,11-12H,3-5H2,1-2H3,(H,13,14). The molecule has 11 heteroatoms. The number of nitrogens with one attached hydrogen (secondary N) is 2. The van der Waals surface area contributed by atoms with Gasteiger partial charge in [-0.25, -0.2) is 31.1 Å². The van der Waals surface area contributed by atoms with Crippen molar-refractivity contribution in [3.8, 4) is 0 Å². The summed E-state index contributed by atoms with van der Waals surface area (Å²) in [5.41, 5.74) is 0. The molecule has 1 heterocycles. The van der Waals surface area contributed by atoms with Crippen LogP contribution >= 0.6 is 0 Å². The molecule has 0 spiro atoms. The molecule has 0 aliphatic carbocycles. The van der Waals surface area contributed by atoms with Crippen molar-refractivity contribution >= 4 is 26.0 Å². The summed E-state index contributed by atoms with van der Waals surface area (Å²) in [4.78, 5) is 10.5. The first-order chi connectivity index (χ1) is 9.53. The molecule has 0 bridgehead atoms. The SMILES string of the molecule is Cc1oc(C(=O)O)cc1S(=O)(=O)NCCCNS(C)(=O)=O. The van der Waals surface area contributed by atoms with Crippen LogP contribution in [0.15, 0.2) is 15.4 Å². The molecule has 0 saturated carbocycles. The van der Waals surface area contributed by atoms with Gasteiger partial charge < -0.3 is 9.52 Å². The van der Waals surface area contributed by atoms with Gasteiger partial charge in [-0.3, -0.25) is 0 Å². The summed E-state index contributed by atoms with van der Waals surface area (Å²) in [6, 6.07) is 0.925. The van der Waals surface area contributed by atoms with Gasteiger partial charge in [-0.05, 0) is 13.3 Å². The van der Waals surface area contributed by atoms with E-state index in [9.17, 15) is 21.6 Å². The number of hydrogen-bond acceptors (Lipinski definition) is 6. The lowest BCUT2D eigenvalue weighted by atomic mass is 10.4. The Bertz CT molecular complexity index is 719. The first kappa shape index (κ1) is 17.6. The Morgan fingerprint density at radius 1 is 1.24 bits per heavy atom. The van der Waals surface area contributed by atoms with Crippen molar-refractivity contribution < 1.29 is 31.2 Å². The van der Waals surface area contributed by atoms with E-state index in [1.165, 1.54) is 6.92 Å². The third-order valence-electron chi connectivity index (χ3n) is 2.38. The summed E-state index contributed by atoms with van der Waals surface area (Å²) < 4.78 is 54.8. The molecule has 0 amide bonds. The Morgan fingerprint density at radius 3 is 2.29 bits per heavy atom. The monoisotopic (exact) mass is 340 g/mol. The van der Waals surface area contributed by atoms with E-state index < -0.39 is 31.8 Å². The molecule has 120 valence electrons. The van der Waals surface area contributed by atoms with Crippen LogP contribution in [0, 0.1) is 6.92 Å². The maximum absolute atomic E-state index is 11.9. The third kappa shape index (κ3) is 5.46. The number of carbonyl (C=O) groups is 1. The van der Waals surface area contributed by atoms with Crippen molar-refractivity contribution in [2.45, 2.75) is 18.2 Å². The largest absolute Gasteiger partial charge is 0.475 e. The minimum Gasteiger partial charge on any atom is -0.475 e. The molecule has 0 radical (unpaired) electrons. The Balaban J connectivity index is 2.64. The zero-order chi connectivity index (χ0) is 16.3. The third-order valence-corrected chi connectivity index (χ3v) is 4.68. The number of carboxylic acids is 1. The summed E-state index contributed by atoms with van der Waals surface area (Å²) in [6.45, 7) is 1.43. The van der Waals surface area contributed by atoms with Crippen LogP contribution in [0.2, 0.25) is 0 Å². The van der Waals surface area contributed by atoms with E-state index >= 15 is 0 Å². The van der Waals surface area contributed by atoms with Gasteiger partial charge in [0.2, 0.25) is 25.8 Å². The summed E-state index contributed by atoms with van der Waals surface area (Å²) in [5, 5.41) is 8.74. The van der Waals surface area contributed by atoms with Crippen molar-refractivity contribution in [1.29, 1.82) is 0 Å². The molecule has 0 saturated heterocycles. The second kappa shape index (κ2) is 6.56. The van der Waals surface area contributed by atoms with Gasteiger partial charge in [-0.1, -0.05) is 0 Å². The van der Waals surface area contributed by atoms with E-state index in [0.717, 1.165) is 12.3 Å². The molecule has 1 aromatic rings. The molecule has 0 aromatic carbocycles. The number of sulfonamides is 2. The second-order valence-corrected chi connectivity index (χ2v) is 7.82. The maximum atomic E-state index is 11.9. The minimum absolute atomic E-state index is 0.00211. The number of aromatic carboxylic acids is 1. The van der Waals surface area contributed by atoms with Crippen LogP contribution in [-0.4, -0.2) is 47.3 Å². The van der Waals surface area contributed by atoms with Gasteiger partial charge in [0.05, 0.1) is 6.26 Å². The minimum atomic E-state index is -3.90. The summed E-state index contributed by atoms with van der Waals surface area (Å²) in [7, 11) is -7.22. The van der Waals surface area contributed by atoms with E-state index in [4.69, 9.17) is 9.52 Å². The normalized spacial score (nSPS) is 12.5. The topological polar surface area (TPSA) is 143 Å². The first-order valence-corrected chi connectivity index (χ1v) is 9.18. The van der Waals surface area contributed by atoms with Crippen LogP contribution in [0.1, 0.15) is 22.7 Å². The Kier molecular flexibility index (Phi) is 5.50. The van der Waals surface area contributed by atoms with Crippen LogP contribution in [0.3, 0.4) is 0 Å². The number of furan rings is 1. The fraction of sp³-hybridized carbons (Fsp3) is 0.500. The lowest BCUT2D eigenvalue weighted by Gasteiger charge is -2.05. The fourth-order valence-corrected chi connectivity index (χ4v) is 3.23. The van der Waals surface area contributed by atoms with E-state index in [1.54, 1.807) is 0 Å². The van der Waals surface area contributed by atoms with E-state index in [-0.39, 0.29) is 30.2 Å². The van der Waals surface area contributed by atoms with E-state index in [1.807, 2.05) is 0 Å². The van der Waals surface area contributed by atoms with Gasteiger partial charge in [0.25, 0.3) is 0 Å². The molecule has 0 atom stereocenters. The Hall–Kier alpha value is -1.43. The van der Waals surface area contributed by atoms with Gasteiger partial charge >= 0.3 is 5.97 Å². The number of aryl methyl sites for hydroxylation is 1. The lowest BCUT2D eigenvalue weighted by molar-refractivity contribution is 0.0661. The summed E-state index contributed by atoms with van der Waals surface area (Å²) in [5.74, 6) is -1.86. The Morgan fingerprint density at radius 2 is 1.81 bits per heavy atom. The van der Waals surface area contributed by atoms with Gasteiger partial charge in [0.1, 0.15) is 10.7 Å². The highest BCUT2D eigenvalue weighted by Crippen LogP contribution is 2.19. The van der Waals surface area contributed by atoms with Crippen LogP contribution < -0.4 is 9.44 Å². The number of hydrogen-bond donors (Lipinski definition) is 3. The Labute approximate surface area is 122 Å². The van der Waals surface area contributed by atoms with Crippen LogP contribution in [0.25, 0.3) is 0 Å². The van der Waals surface area contributed by atoms with Gasteiger partial charge in [0.15, 0.2) is 0 Å². The van der Waals surface area contributed by atoms with Crippen LogP contribution in [0.4, 0.5) is 0 Å². The molecule has 0 unspecified atom stereocenters. The lowest BCUT2D eigenvalue weighted by Crippen LogP contribution is -2.29. The smallest absolute Gasteiger partial charge is 0.371 e. The molecule has 21 heavy (non-hydrogen) atoms. The predicted molar refractivity (Wildman–Crippen MR) is 73.1 cm³/mol. The zero-order valence-corrected chi connectivity index (χ0v) is 13.0. The van der Waals surface area contributed by atoms with Crippen molar-refractivity contribution in [2.24, 2.45) is 0 Å². The van der Waals surface area contributed by atoms with E-state index in [2.05, 4.69) is 9.44 Å². The average Bonchev–Trinajstić information content (AvgIpc) is 2.70. The van der Waals surface area contributed by atoms with Gasteiger partial charge in [0, 0.05) is 19.2 Å². The summed E-state index contributed by atoms with van der Waals surface area (Å²) >= 11 is 0. The maximum Gasteiger partial charge on any atom is 0.371 e. The molecule has 9 nitrogen and oxygen atoms in total. The molecule has 3 N–H and O–H groups in total. The molecular formula is C10H16N2O7S2. The fourth-order valence-electron chi connectivity index (χ4n) is 1.47. The molecule has 0 aliphatic rings. The van der Waals surface area contributed by atoms with Crippen LogP contribution in [0.5, 0.6) is 0 Å². The predicted octanol–water partition coefficient (Wildman–Crippen LogP) is -0.496. The number of rotatable bonds is 8. The quantitative estimate of drug-likeness (QED) is 0.541. The number of carboxylic acid groups (broad SMARTS) is 1. The molecular weight excluding hydrogens is 324 g/mol. The summed E-state index contributed by atoms with van der Waals surface area (Å²) in [6.07, 6.45) is 1.24. The van der Waals surface area contributed by atoms with Gasteiger partial charge in [-0.2, -0.15) is 0 Å². The molecule has 1 rings (SSSR count). The van der Waals surface area contributed by atoms with E-state index in [0.29, 0.717) is 0 Å².